The number of cyclic esters (lactones) is 1. The lowest BCUT2D eigenvalue weighted by molar-refractivity contribution is -0.151. The van der Waals surface area contributed by atoms with E-state index in [4.69, 9.17) is 4.74 Å². The fourth-order valence-electron chi connectivity index (χ4n) is 4.17. The van der Waals surface area contributed by atoms with Gasteiger partial charge in [-0.05, 0) is 42.7 Å². The first-order valence-electron chi connectivity index (χ1n) is 10.0. The summed E-state index contributed by atoms with van der Waals surface area (Å²) in [5.41, 5.74) is 1.28. The van der Waals surface area contributed by atoms with Crippen LogP contribution in [0.15, 0.2) is 48.5 Å². The molecule has 1 saturated heterocycles. The average molecular weight is 396 g/mol. The number of hydrogen-bond acceptors (Lipinski definition) is 4. The number of benzene rings is 2. The second-order valence-electron chi connectivity index (χ2n) is 8.00. The molecule has 0 saturated carbocycles. The van der Waals surface area contributed by atoms with Gasteiger partial charge >= 0.3 is 5.97 Å². The Morgan fingerprint density at radius 3 is 2.62 bits per heavy atom. The van der Waals surface area contributed by atoms with Gasteiger partial charge in [-0.3, -0.25) is 9.69 Å². The number of ether oxygens (including phenoxy) is 1. The van der Waals surface area contributed by atoms with Crippen molar-refractivity contribution in [3.8, 4) is 0 Å². The van der Waals surface area contributed by atoms with Crippen molar-refractivity contribution in [1.82, 2.24) is 9.80 Å². The quantitative estimate of drug-likeness (QED) is 0.749. The molecule has 0 radical (unpaired) electrons. The van der Waals surface area contributed by atoms with Gasteiger partial charge in [0.15, 0.2) is 5.60 Å². The minimum Gasteiger partial charge on any atom is -0.445 e. The highest BCUT2D eigenvalue weighted by Gasteiger charge is 2.44. The number of amides is 1. The Bertz CT molecular complexity index is 915. The lowest BCUT2D eigenvalue weighted by Gasteiger charge is -2.37. The maximum Gasteiger partial charge on any atom is 0.339 e. The Morgan fingerprint density at radius 1 is 1.07 bits per heavy atom. The summed E-state index contributed by atoms with van der Waals surface area (Å²) < 4.78 is 18.7. The lowest BCUT2D eigenvalue weighted by atomic mass is 9.89. The van der Waals surface area contributed by atoms with Gasteiger partial charge < -0.3 is 9.64 Å². The Kier molecular flexibility index (Phi) is 5.37. The molecule has 2 heterocycles. The van der Waals surface area contributed by atoms with Gasteiger partial charge in [0.1, 0.15) is 5.82 Å². The SMILES string of the molecule is C[C@]1(C(=O)N2CCCN(Cc3ccc(F)cc3)CC2)Cc2ccccc2C(=O)O1. The third kappa shape index (κ3) is 4.17. The summed E-state index contributed by atoms with van der Waals surface area (Å²) >= 11 is 0. The molecule has 0 spiro atoms. The Morgan fingerprint density at radius 2 is 1.83 bits per heavy atom. The molecule has 1 atom stereocenters. The third-order valence-electron chi connectivity index (χ3n) is 5.73. The smallest absolute Gasteiger partial charge is 0.339 e. The van der Waals surface area contributed by atoms with Gasteiger partial charge in [-0.25, -0.2) is 9.18 Å². The minimum atomic E-state index is -1.17. The molecular weight excluding hydrogens is 371 g/mol. The van der Waals surface area contributed by atoms with Crippen LogP contribution in [0.4, 0.5) is 4.39 Å². The fourth-order valence-corrected chi connectivity index (χ4v) is 4.17. The highest BCUT2D eigenvalue weighted by atomic mass is 19.1. The number of carbonyl (C=O) groups excluding carboxylic acids is 2. The second kappa shape index (κ2) is 7.95. The van der Waals surface area contributed by atoms with E-state index in [2.05, 4.69) is 4.90 Å². The predicted octanol–water partition coefficient (Wildman–Crippen LogP) is 3.03. The van der Waals surface area contributed by atoms with Crippen LogP contribution in [-0.4, -0.2) is 53.5 Å². The van der Waals surface area contributed by atoms with Crippen molar-refractivity contribution < 1.29 is 18.7 Å². The molecule has 6 heteroatoms. The van der Waals surface area contributed by atoms with Crippen molar-refractivity contribution >= 4 is 11.9 Å². The highest BCUT2D eigenvalue weighted by molar-refractivity contribution is 5.97. The molecule has 5 nitrogen and oxygen atoms in total. The first-order valence-corrected chi connectivity index (χ1v) is 10.0. The maximum atomic E-state index is 13.3. The van der Waals surface area contributed by atoms with Crippen molar-refractivity contribution in [2.45, 2.75) is 31.9 Å². The maximum absolute atomic E-state index is 13.3. The zero-order valence-electron chi connectivity index (χ0n) is 16.6. The van der Waals surface area contributed by atoms with Gasteiger partial charge in [0.05, 0.1) is 5.56 Å². The summed E-state index contributed by atoms with van der Waals surface area (Å²) in [4.78, 5) is 29.8. The largest absolute Gasteiger partial charge is 0.445 e. The average Bonchev–Trinajstić information content (AvgIpc) is 2.94. The van der Waals surface area contributed by atoms with Crippen LogP contribution < -0.4 is 0 Å². The zero-order chi connectivity index (χ0) is 20.4. The molecular formula is C23H25FN2O3. The van der Waals surface area contributed by atoms with Crippen molar-refractivity contribution in [2.75, 3.05) is 26.2 Å². The van der Waals surface area contributed by atoms with Crippen LogP contribution in [0, 0.1) is 5.82 Å². The van der Waals surface area contributed by atoms with E-state index in [1.54, 1.807) is 31.2 Å². The van der Waals surface area contributed by atoms with Crippen molar-refractivity contribution in [1.29, 1.82) is 0 Å². The van der Waals surface area contributed by atoms with E-state index >= 15 is 0 Å². The first kappa shape index (κ1) is 19.6. The molecule has 4 rings (SSSR count). The van der Waals surface area contributed by atoms with E-state index in [1.165, 1.54) is 12.1 Å². The summed E-state index contributed by atoms with van der Waals surface area (Å²) in [5.74, 6) is -0.808. The topological polar surface area (TPSA) is 49.9 Å². The molecule has 152 valence electrons. The molecule has 29 heavy (non-hydrogen) atoms. The summed E-state index contributed by atoms with van der Waals surface area (Å²) in [6, 6.07) is 13.8. The standard InChI is InChI=1S/C23H25FN2O3/c1-23(15-18-5-2-3-6-20(18)21(27)29-23)22(28)26-12-4-11-25(13-14-26)16-17-7-9-19(24)10-8-17/h2-3,5-10H,4,11-16H2,1H3/t23-/m1/s1. The number of rotatable bonds is 3. The van der Waals surface area contributed by atoms with E-state index in [1.807, 2.05) is 17.0 Å². The van der Waals surface area contributed by atoms with E-state index in [9.17, 15) is 14.0 Å². The molecule has 0 aliphatic carbocycles. The Labute approximate surface area is 170 Å². The zero-order valence-corrected chi connectivity index (χ0v) is 16.6. The number of esters is 1. The van der Waals surface area contributed by atoms with Crippen molar-refractivity contribution in [3.63, 3.8) is 0 Å². The van der Waals surface area contributed by atoms with Gasteiger partial charge in [0.2, 0.25) is 0 Å². The van der Waals surface area contributed by atoms with Crippen molar-refractivity contribution in [3.05, 3.63) is 71.0 Å². The van der Waals surface area contributed by atoms with Crippen LogP contribution in [0.1, 0.15) is 34.8 Å². The second-order valence-corrected chi connectivity index (χ2v) is 8.00. The van der Waals surface area contributed by atoms with Gasteiger partial charge in [-0.2, -0.15) is 0 Å². The van der Waals surface area contributed by atoms with Gasteiger partial charge in [0.25, 0.3) is 5.91 Å². The highest BCUT2D eigenvalue weighted by Crippen LogP contribution is 2.30. The number of halogens is 1. The van der Waals surface area contributed by atoms with Crippen LogP contribution >= 0.6 is 0 Å². The lowest BCUT2D eigenvalue weighted by Crippen LogP contribution is -2.53. The summed E-state index contributed by atoms with van der Waals surface area (Å²) in [6.45, 7) is 5.23. The number of carbonyl (C=O) groups is 2. The molecule has 2 aromatic carbocycles. The van der Waals surface area contributed by atoms with Gasteiger partial charge in [-0.15, -0.1) is 0 Å². The van der Waals surface area contributed by atoms with Gasteiger partial charge in [0, 0.05) is 39.1 Å². The predicted molar refractivity (Wildman–Crippen MR) is 107 cm³/mol. The summed E-state index contributed by atoms with van der Waals surface area (Å²) in [5, 5.41) is 0. The Hall–Kier alpha value is -2.73. The summed E-state index contributed by atoms with van der Waals surface area (Å²) in [6.07, 6.45) is 1.23. The number of hydrogen-bond donors (Lipinski definition) is 0. The van der Waals surface area contributed by atoms with E-state index < -0.39 is 11.6 Å². The normalized spacial score (nSPS) is 22.6. The van der Waals surface area contributed by atoms with E-state index in [-0.39, 0.29) is 11.7 Å². The molecule has 0 unspecified atom stereocenters. The molecule has 1 amide bonds. The van der Waals surface area contributed by atoms with Crippen molar-refractivity contribution in [2.24, 2.45) is 0 Å². The molecule has 0 aromatic heterocycles. The summed E-state index contributed by atoms with van der Waals surface area (Å²) in [7, 11) is 0. The fraction of sp³-hybridized carbons (Fsp3) is 0.391. The minimum absolute atomic E-state index is 0.135. The molecule has 1 fully saturated rings. The Balaban J connectivity index is 1.42. The molecule has 0 bridgehead atoms. The van der Waals surface area contributed by atoms with Crippen LogP contribution in [0.2, 0.25) is 0 Å². The van der Waals surface area contributed by atoms with E-state index in [0.29, 0.717) is 25.1 Å². The molecule has 0 N–H and O–H groups in total. The van der Waals surface area contributed by atoms with Crippen LogP contribution in [0.3, 0.4) is 0 Å². The van der Waals surface area contributed by atoms with Crippen LogP contribution in [0.5, 0.6) is 0 Å². The number of fused-ring (bicyclic) bond motifs is 1. The molecule has 2 aliphatic heterocycles. The number of nitrogens with zero attached hydrogens (tertiary/aromatic N) is 2. The van der Waals surface area contributed by atoms with Crippen LogP contribution in [0.25, 0.3) is 0 Å². The molecule has 2 aromatic rings. The van der Waals surface area contributed by atoms with Crippen LogP contribution in [-0.2, 0) is 22.5 Å². The van der Waals surface area contributed by atoms with Gasteiger partial charge in [-0.1, -0.05) is 30.3 Å². The van der Waals surface area contributed by atoms with E-state index in [0.717, 1.165) is 37.2 Å². The monoisotopic (exact) mass is 396 g/mol. The first-order chi connectivity index (χ1) is 13.9. The third-order valence-corrected chi connectivity index (χ3v) is 5.73. The molecule has 2 aliphatic rings.